The van der Waals surface area contributed by atoms with Crippen molar-refractivity contribution in [2.75, 3.05) is 18.1 Å². The first-order valence-electron chi connectivity index (χ1n) is 6.07. The standard InChI is InChI=1S/C12H22F2O2S/c1-3-6-12(13,14)7-4-9-17-10-5-8-16-11(2)15/h3-10H2,1-2H3. The van der Waals surface area contributed by atoms with Gasteiger partial charge in [0.2, 0.25) is 5.92 Å². The van der Waals surface area contributed by atoms with Crippen LogP contribution in [0.4, 0.5) is 8.78 Å². The molecule has 0 N–H and O–H groups in total. The Morgan fingerprint density at radius 1 is 1.24 bits per heavy atom. The molecule has 0 aromatic heterocycles. The van der Waals surface area contributed by atoms with Crippen molar-refractivity contribution in [3.8, 4) is 0 Å². The monoisotopic (exact) mass is 268 g/mol. The summed E-state index contributed by atoms with van der Waals surface area (Å²) in [6.07, 6.45) is 1.84. The van der Waals surface area contributed by atoms with Crippen molar-refractivity contribution in [3.05, 3.63) is 0 Å². The van der Waals surface area contributed by atoms with E-state index in [0.717, 1.165) is 17.9 Å². The van der Waals surface area contributed by atoms with Gasteiger partial charge in [-0.15, -0.1) is 0 Å². The lowest BCUT2D eigenvalue weighted by Gasteiger charge is -2.14. The summed E-state index contributed by atoms with van der Waals surface area (Å²) in [6.45, 7) is 3.58. The van der Waals surface area contributed by atoms with Gasteiger partial charge in [-0.2, -0.15) is 11.8 Å². The third-order valence-electron chi connectivity index (χ3n) is 2.19. The molecule has 0 spiro atoms. The van der Waals surface area contributed by atoms with Crippen LogP contribution in [-0.4, -0.2) is 30.0 Å². The van der Waals surface area contributed by atoms with E-state index in [-0.39, 0.29) is 18.8 Å². The summed E-state index contributed by atoms with van der Waals surface area (Å²) in [7, 11) is 0. The summed E-state index contributed by atoms with van der Waals surface area (Å²) in [5.74, 6) is -1.16. The first-order valence-corrected chi connectivity index (χ1v) is 7.22. The Hall–Kier alpha value is -0.320. The van der Waals surface area contributed by atoms with Crippen LogP contribution < -0.4 is 0 Å². The zero-order valence-corrected chi connectivity index (χ0v) is 11.5. The van der Waals surface area contributed by atoms with E-state index >= 15 is 0 Å². The quantitative estimate of drug-likeness (QED) is 0.444. The summed E-state index contributed by atoms with van der Waals surface area (Å²) >= 11 is 1.64. The van der Waals surface area contributed by atoms with Gasteiger partial charge in [-0.1, -0.05) is 13.3 Å². The zero-order chi connectivity index (χ0) is 13.1. The second kappa shape index (κ2) is 9.68. The smallest absolute Gasteiger partial charge is 0.302 e. The number of alkyl halides is 2. The van der Waals surface area contributed by atoms with Crippen LogP contribution in [0, 0.1) is 0 Å². The predicted molar refractivity (Wildman–Crippen MR) is 67.7 cm³/mol. The van der Waals surface area contributed by atoms with Crippen molar-refractivity contribution in [1.29, 1.82) is 0 Å². The highest BCUT2D eigenvalue weighted by Gasteiger charge is 2.26. The highest BCUT2D eigenvalue weighted by molar-refractivity contribution is 7.99. The summed E-state index contributed by atoms with van der Waals surface area (Å²) in [5, 5.41) is 0. The van der Waals surface area contributed by atoms with Crippen LogP contribution in [0.2, 0.25) is 0 Å². The van der Waals surface area contributed by atoms with Crippen molar-refractivity contribution >= 4 is 17.7 Å². The molecule has 0 aliphatic heterocycles. The van der Waals surface area contributed by atoms with E-state index < -0.39 is 5.92 Å². The molecule has 2 nitrogen and oxygen atoms in total. The maximum atomic E-state index is 13.1. The van der Waals surface area contributed by atoms with E-state index in [0.29, 0.717) is 19.4 Å². The Kier molecular flexibility index (Phi) is 9.50. The van der Waals surface area contributed by atoms with Gasteiger partial charge in [-0.25, -0.2) is 8.78 Å². The van der Waals surface area contributed by atoms with E-state index in [1.165, 1.54) is 6.92 Å². The average molecular weight is 268 g/mol. The summed E-state index contributed by atoms with van der Waals surface area (Å²) in [5.41, 5.74) is 0. The van der Waals surface area contributed by atoms with Crippen molar-refractivity contribution in [2.45, 2.75) is 51.9 Å². The molecule has 0 amide bonds. The van der Waals surface area contributed by atoms with Gasteiger partial charge in [0, 0.05) is 19.8 Å². The van der Waals surface area contributed by atoms with Crippen LogP contribution in [0.15, 0.2) is 0 Å². The molecule has 17 heavy (non-hydrogen) atoms. The Morgan fingerprint density at radius 2 is 1.88 bits per heavy atom. The fraction of sp³-hybridized carbons (Fsp3) is 0.917. The van der Waals surface area contributed by atoms with Crippen molar-refractivity contribution in [3.63, 3.8) is 0 Å². The minimum Gasteiger partial charge on any atom is -0.466 e. The molecule has 0 saturated heterocycles. The molecule has 0 radical (unpaired) electrons. The van der Waals surface area contributed by atoms with Gasteiger partial charge in [0.25, 0.3) is 0 Å². The number of hydrogen-bond acceptors (Lipinski definition) is 3. The number of thioether (sulfide) groups is 1. The number of halogens is 2. The molecule has 0 aliphatic rings. The number of carbonyl (C=O) groups excluding carboxylic acids is 1. The molecule has 0 aliphatic carbocycles. The number of carbonyl (C=O) groups is 1. The largest absolute Gasteiger partial charge is 0.466 e. The van der Waals surface area contributed by atoms with Crippen LogP contribution in [0.25, 0.3) is 0 Å². The molecule has 0 aromatic carbocycles. The van der Waals surface area contributed by atoms with Crippen LogP contribution in [-0.2, 0) is 9.53 Å². The molecule has 0 atom stereocenters. The molecule has 0 bridgehead atoms. The van der Waals surface area contributed by atoms with E-state index in [1.807, 2.05) is 0 Å². The maximum Gasteiger partial charge on any atom is 0.302 e. The first-order chi connectivity index (χ1) is 7.98. The molecule has 0 unspecified atom stereocenters. The predicted octanol–water partition coefficient (Wildman–Crippen LogP) is 3.89. The second-order valence-electron chi connectivity index (χ2n) is 4.02. The average Bonchev–Trinajstić information content (AvgIpc) is 2.21. The van der Waals surface area contributed by atoms with Gasteiger partial charge in [0.15, 0.2) is 0 Å². The highest BCUT2D eigenvalue weighted by atomic mass is 32.2. The van der Waals surface area contributed by atoms with Gasteiger partial charge in [-0.3, -0.25) is 4.79 Å². The number of rotatable bonds is 10. The third kappa shape index (κ3) is 11.9. The van der Waals surface area contributed by atoms with E-state index in [2.05, 4.69) is 0 Å². The summed E-state index contributed by atoms with van der Waals surface area (Å²) in [6, 6.07) is 0. The van der Waals surface area contributed by atoms with Gasteiger partial charge < -0.3 is 4.74 Å². The molecule has 102 valence electrons. The van der Waals surface area contributed by atoms with Crippen LogP contribution in [0.1, 0.15) is 46.0 Å². The van der Waals surface area contributed by atoms with E-state index in [4.69, 9.17) is 4.74 Å². The summed E-state index contributed by atoms with van der Waals surface area (Å²) in [4.78, 5) is 10.4. The van der Waals surface area contributed by atoms with E-state index in [1.54, 1.807) is 18.7 Å². The Bertz CT molecular complexity index is 211. The number of hydrogen-bond donors (Lipinski definition) is 0. The highest BCUT2D eigenvalue weighted by Crippen LogP contribution is 2.26. The van der Waals surface area contributed by atoms with Crippen molar-refractivity contribution < 1.29 is 18.3 Å². The van der Waals surface area contributed by atoms with Crippen LogP contribution in [0.3, 0.4) is 0 Å². The first kappa shape index (κ1) is 16.7. The van der Waals surface area contributed by atoms with E-state index in [9.17, 15) is 13.6 Å². The third-order valence-corrected chi connectivity index (χ3v) is 3.34. The van der Waals surface area contributed by atoms with Gasteiger partial charge in [-0.05, 0) is 24.3 Å². The van der Waals surface area contributed by atoms with Gasteiger partial charge in [0.05, 0.1) is 6.61 Å². The fourth-order valence-electron chi connectivity index (χ4n) is 1.40. The van der Waals surface area contributed by atoms with Crippen LogP contribution >= 0.6 is 11.8 Å². The van der Waals surface area contributed by atoms with Crippen molar-refractivity contribution in [1.82, 2.24) is 0 Å². The Labute approximate surface area is 106 Å². The van der Waals surface area contributed by atoms with Crippen molar-refractivity contribution in [2.24, 2.45) is 0 Å². The Morgan fingerprint density at radius 3 is 2.47 bits per heavy atom. The zero-order valence-electron chi connectivity index (χ0n) is 10.6. The normalized spacial score (nSPS) is 11.5. The molecule has 0 saturated carbocycles. The number of ether oxygens (including phenoxy) is 1. The molecule has 5 heteroatoms. The number of esters is 1. The topological polar surface area (TPSA) is 26.3 Å². The maximum absolute atomic E-state index is 13.1. The molecular weight excluding hydrogens is 246 g/mol. The molecule has 0 heterocycles. The Balaban J connectivity index is 3.26. The lowest BCUT2D eigenvalue weighted by atomic mass is 10.1. The van der Waals surface area contributed by atoms with Gasteiger partial charge >= 0.3 is 5.97 Å². The molecule has 0 fully saturated rings. The molecule has 0 rings (SSSR count). The van der Waals surface area contributed by atoms with Gasteiger partial charge in [0.1, 0.15) is 0 Å². The SMILES string of the molecule is CCCC(F)(F)CCCSCCCOC(C)=O. The lowest BCUT2D eigenvalue weighted by molar-refractivity contribution is -0.140. The summed E-state index contributed by atoms with van der Waals surface area (Å²) < 4.78 is 30.9. The minimum atomic E-state index is -2.49. The second-order valence-corrected chi connectivity index (χ2v) is 5.24. The molecular formula is C12H22F2O2S. The minimum absolute atomic E-state index is 0.00980. The van der Waals surface area contributed by atoms with Crippen LogP contribution in [0.5, 0.6) is 0 Å². The molecule has 0 aromatic rings. The fourth-order valence-corrected chi connectivity index (χ4v) is 2.28. The lowest BCUT2D eigenvalue weighted by Crippen LogP contribution is -2.15.